The standard InChI is InChI=1S/C4H8O.CH3.2Al.3H/c1-2-3-4-5;;;;;;/h1-4H2;1H3;;;;;/q-1;;;+1;;;. The van der Waals surface area contributed by atoms with Gasteiger partial charge >= 0.3 is 14.5 Å². The Morgan fingerprint density at radius 3 is 2.38 bits per heavy atom. The van der Waals surface area contributed by atoms with E-state index in [2.05, 4.69) is 5.79 Å². The van der Waals surface area contributed by atoms with Crippen molar-refractivity contribution < 1.29 is 3.79 Å². The summed E-state index contributed by atoms with van der Waals surface area (Å²) in [5, 5.41) is 1.40. The van der Waals surface area contributed by atoms with Crippen LogP contribution in [0.4, 0.5) is 0 Å². The van der Waals surface area contributed by atoms with Crippen LogP contribution in [0.3, 0.4) is 0 Å². The molecule has 1 aliphatic rings. The van der Waals surface area contributed by atoms with E-state index in [9.17, 15) is 0 Å². The Bertz CT molecular complexity index is 52.4. The van der Waals surface area contributed by atoms with E-state index in [4.69, 9.17) is 3.79 Å². The van der Waals surface area contributed by atoms with Gasteiger partial charge in [-0.15, -0.1) is 0 Å². The second kappa shape index (κ2) is 4.86. The number of hydrogen-bond donors (Lipinski definition) is 0. The fourth-order valence-electron chi connectivity index (χ4n) is 0.902. The molecule has 0 radical (unpaired) electrons. The summed E-state index contributed by atoms with van der Waals surface area (Å²) in [4.78, 5) is 0. The largest absolute Gasteiger partial charge is 0.501 e. The molecule has 0 unspecified atom stereocenters. The second-order valence-corrected chi connectivity index (χ2v) is 4.71. The topological polar surface area (TPSA) is 9.23 Å². The monoisotopic (exact) mass is 144 g/mol. The van der Waals surface area contributed by atoms with Crippen molar-refractivity contribution in [3.05, 3.63) is 0 Å². The Kier molecular flexibility index (Phi) is 5.49. The molecule has 3 heteroatoms. The van der Waals surface area contributed by atoms with Crippen LogP contribution in [0.25, 0.3) is 0 Å². The first-order valence-corrected chi connectivity index (χ1v) is 5.45. The first-order chi connectivity index (χ1) is 3.39. The van der Waals surface area contributed by atoms with Gasteiger partial charge in [0.2, 0.25) is 0 Å². The molecule has 1 nitrogen and oxygen atoms in total. The molecule has 0 saturated carbocycles. The van der Waals surface area contributed by atoms with Gasteiger partial charge in [0, 0.05) is 6.61 Å². The lowest BCUT2D eigenvalue weighted by atomic mass is 10.4. The Morgan fingerprint density at radius 2 is 2.12 bits per heavy atom. The van der Waals surface area contributed by atoms with Gasteiger partial charge in [-0.1, -0.05) is 17.5 Å². The number of hydrogen-bond acceptors (Lipinski definition) is 1. The molecule has 0 spiro atoms. The highest BCUT2D eigenvalue weighted by Crippen LogP contribution is 2.09. The van der Waals surface area contributed by atoms with Crippen molar-refractivity contribution in [1.82, 2.24) is 0 Å². The molecule has 0 aliphatic carbocycles. The first-order valence-electron chi connectivity index (χ1n) is 3.01. The molecule has 1 rings (SSSR count). The minimum absolute atomic E-state index is 0. The van der Waals surface area contributed by atoms with Crippen LogP contribution in [-0.2, 0) is 3.79 Å². The lowest BCUT2D eigenvalue weighted by Crippen LogP contribution is -2.18. The first kappa shape index (κ1) is 9.02. The van der Waals surface area contributed by atoms with E-state index in [0.29, 0.717) is 0 Å². The van der Waals surface area contributed by atoms with Gasteiger partial charge in [-0.3, -0.25) is 0 Å². The van der Waals surface area contributed by atoms with Crippen LogP contribution in [0.1, 0.15) is 12.8 Å². The van der Waals surface area contributed by atoms with Crippen LogP contribution in [-0.4, -0.2) is 38.5 Å². The highest BCUT2D eigenvalue weighted by molar-refractivity contribution is 6.50. The zero-order valence-electron chi connectivity index (χ0n) is 4.81. The summed E-state index contributed by atoms with van der Waals surface area (Å²) in [7, 11) is 0. The van der Waals surface area contributed by atoms with E-state index in [1.165, 1.54) is 18.1 Å². The molecule has 46 valence electrons. The van der Waals surface area contributed by atoms with E-state index in [0.717, 1.165) is 6.61 Å². The van der Waals surface area contributed by atoms with E-state index in [1.54, 1.807) is 0 Å². The Hall–Kier alpha value is 1.02. The molecule has 0 bridgehead atoms. The lowest BCUT2D eigenvalue weighted by molar-refractivity contribution is 0.291. The van der Waals surface area contributed by atoms with E-state index in [1.807, 2.05) is 0 Å². The van der Waals surface area contributed by atoms with Crippen molar-refractivity contribution in [3.8, 4) is 0 Å². The minimum Gasteiger partial charge on any atom is -0.501 e. The van der Waals surface area contributed by atoms with E-state index < -0.39 is 14.5 Å². The molecule has 0 amide bonds. The van der Waals surface area contributed by atoms with Crippen molar-refractivity contribution in [1.29, 1.82) is 0 Å². The van der Waals surface area contributed by atoms with Crippen LogP contribution in [0.2, 0.25) is 11.1 Å². The van der Waals surface area contributed by atoms with E-state index in [-0.39, 0.29) is 17.4 Å². The quantitative estimate of drug-likeness (QED) is 0.442. The molecular weight excluding hydrogens is 130 g/mol. The fraction of sp³-hybridized carbons (Fsp3) is 1.00. The highest BCUT2D eigenvalue weighted by atomic mass is 27.2. The van der Waals surface area contributed by atoms with Gasteiger partial charge in [0.1, 0.15) is 0 Å². The summed E-state index contributed by atoms with van der Waals surface area (Å²) in [6.07, 6.45) is 2.73. The summed E-state index contributed by atoms with van der Waals surface area (Å²) < 4.78 is 5.42. The summed E-state index contributed by atoms with van der Waals surface area (Å²) >= 11 is -0.595. The SMILES string of the molecule is [AlH3].[CH3][Al]1[CH2]CCC[O]1. The normalized spacial score (nSPS) is 19.9. The maximum Gasteiger partial charge on any atom is 0.457 e. The summed E-state index contributed by atoms with van der Waals surface area (Å²) in [6.45, 7) is 1.05. The predicted octanol–water partition coefficient (Wildman–Crippen LogP) is 0.234. The van der Waals surface area contributed by atoms with Crippen molar-refractivity contribution in [3.63, 3.8) is 0 Å². The van der Waals surface area contributed by atoms with Crippen molar-refractivity contribution in [2.75, 3.05) is 6.61 Å². The maximum atomic E-state index is 5.42. The molecule has 1 heterocycles. The zero-order valence-corrected chi connectivity index (χ0v) is 5.97. The van der Waals surface area contributed by atoms with Gasteiger partial charge in [-0.25, -0.2) is 0 Å². The third-order valence-corrected chi connectivity index (χ3v) is 3.43. The Balaban J connectivity index is 0.000000490. The Morgan fingerprint density at radius 1 is 1.38 bits per heavy atom. The third-order valence-electron chi connectivity index (χ3n) is 1.41. The summed E-state index contributed by atoms with van der Waals surface area (Å²) in [5.41, 5.74) is 0. The lowest BCUT2D eigenvalue weighted by Gasteiger charge is -2.13. The maximum absolute atomic E-state index is 5.42. The molecule has 0 aromatic heterocycles. The van der Waals surface area contributed by atoms with Crippen LogP contribution in [0.5, 0.6) is 0 Å². The summed E-state index contributed by atoms with van der Waals surface area (Å²) in [5.74, 6) is 2.28. The highest BCUT2D eigenvalue weighted by Gasteiger charge is 2.15. The summed E-state index contributed by atoms with van der Waals surface area (Å²) in [6, 6.07) is 0. The van der Waals surface area contributed by atoms with Crippen LogP contribution in [0, 0.1) is 0 Å². The van der Waals surface area contributed by atoms with Crippen molar-refractivity contribution in [2.45, 2.75) is 23.9 Å². The van der Waals surface area contributed by atoms with E-state index >= 15 is 0 Å². The molecule has 8 heavy (non-hydrogen) atoms. The van der Waals surface area contributed by atoms with Crippen molar-refractivity contribution in [2.24, 2.45) is 0 Å². The minimum atomic E-state index is -0.595. The molecule has 1 saturated heterocycles. The Labute approximate surface area is 66.3 Å². The fourth-order valence-corrected chi connectivity index (χ4v) is 2.50. The molecule has 0 aromatic carbocycles. The second-order valence-electron chi connectivity index (χ2n) is 2.18. The van der Waals surface area contributed by atoms with Gasteiger partial charge in [0.15, 0.2) is 17.4 Å². The molecular formula is C5H14Al2O. The molecule has 1 fully saturated rings. The molecule has 0 atom stereocenters. The number of rotatable bonds is 0. The average Bonchev–Trinajstić information content (AvgIpc) is 1.69. The molecule has 1 aliphatic heterocycles. The van der Waals surface area contributed by atoms with Gasteiger partial charge in [0.05, 0.1) is 0 Å². The average molecular weight is 144 g/mol. The zero-order chi connectivity index (χ0) is 5.11. The third kappa shape index (κ3) is 3.13. The smallest absolute Gasteiger partial charge is 0.457 e. The van der Waals surface area contributed by atoms with Gasteiger partial charge < -0.3 is 3.79 Å². The van der Waals surface area contributed by atoms with Crippen LogP contribution in [0.15, 0.2) is 0 Å². The van der Waals surface area contributed by atoms with Gasteiger partial charge in [-0.2, -0.15) is 0 Å². The predicted molar refractivity (Wildman–Crippen MR) is 41.6 cm³/mol. The van der Waals surface area contributed by atoms with Crippen LogP contribution >= 0.6 is 0 Å². The molecule has 0 aromatic rings. The van der Waals surface area contributed by atoms with Gasteiger partial charge in [0.25, 0.3) is 0 Å². The van der Waals surface area contributed by atoms with Crippen LogP contribution < -0.4 is 0 Å². The van der Waals surface area contributed by atoms with Crippen molar-refractivity contribution >= 4 is 31.8 Å². The van der Waals surface area contributed by atoms with Gasteiger partial charge in [-0.05, 0) is 6.42 Å². The molecule has 0 N–H and O–H groups in total.